The molecular weight excluding hydrogens is 372 g/mol. The van der Waals surface area contributed by atoms with Crippen LogP contribution in [0.1, 0.15) is 34.1 Å². The zero-order valence-electron chi connectivity index (χ0n) is 14.4. The minimum atomic E-state index is -5.08. The largest absolute Gasteiger partial charge is 0.411 e. The molecule has 0 amide bonds. The molecule has 2 atom stereocenters. The highest BCUT2D eigenvalue weighted by Gasteiger charge is 2.54. The molecule has 0 aromatic heterocycles. The van der Waals surface area contributed by atoms with Gasteiger partial charge in [0.25, 0.3) is 0 Å². The number of oxime groups is 1. The smallest absolute Gasteiger partial charge is 0.401 e. The standard InChI is InChI=1S/C19H17F6NO/c1-11-7-3-5-9-13(11)15(18(20,21)22)17(26-27)16(19(23,24)25)14-10-6-4-8-12(14)2/h3-10,15-16,27H,1-2H3. The molecule has 146 valence electrons. The zero-order chi connectivity index (χ0) is 20.4. The molecule has 2 aromatic carbocycles. The first-order chi connectivity index (χ1) is 12.5. The maximum Gasteiger partial charge on any atom is 0.401 e. The predicted octanol–water partition coefficient (Wildman–Crippen LogP) is 6.13. The van der Waals surface area contributed by atoms with Gasteiger partial charge in [0.2, 0.25) is 0 Å². The second kappa shape index (κ2) is 7.62. The lowest BCUT2D eigenvalue weighted by Crippen LogP contribution is -2.39. The fraction of sp³-hybridized carbons (Fsp3) is 0.316. The Morgan fingerprint density at radius 2 is 1.07 bits per heavy atom. The van der Waals surface area contributed by atoms with Gasteiger partial charge in [-0.1, -0.05) is 53.7 Å². The molecule has 0 aliphatic rings. The van der Waals surface area contributed by atoms with Gasteiger partial charge in [0, 0.05) is 0 Å². The van der Waals surface area contributed by atoms with Crippen LogP contribution in [0.5, 0.6) is 0 Å². The third kappa shape index (κ3) is 4.43. The molecule has 2 unspecified atom stereocenters. The number of benzene rings is 2. The Kier molecular flexibility index (Phi) is 5.87. The maximum absolute atomic E-state index is 13.8. The predicted molar refractivity (Wildman–Crippen MR) is 89.2 cm³/mol. The van der Waals surface area contributed by atoms with E-state index < -0.39 is 29.9 Å². The molecule has 2 aromatic rings. The minimum absolute atomic E-state index is 0.145. The molecule has 0 radical (unpaired) electrons. The summed E-state index contributed by atoms with van der Waals surface area (Å²) >= 11 is 0. The summed E-state index contributed by atoms with van der Waals surface area (Å²) in [5, 5.41) is 11.8. The van der Waals surface area contributed by atoms with Gasteiger partial charge in [-0.25, -0.2) is 0 Å². The molecule has 0 spiro atoms. The molecule has 0 aliphatic heterocycles. The summed E-state index contributed by atoms with van der Waals surface area (Å²) < 4.78 is 83.0. The van der Waals surface area contributed by atoms with E-state index in [1.165, 1.54) is 50.2 Å². The molecule has 0 aliphatic carbocycles. The highest BCUT2D eigenvalue weighted by molar-refractivity contribution is 5.98. The molecule has 1 N–H and O–H groups in total. The molecule has 0 bridgehead atoms. The van der Waals surface area contributed by atoms with Crippen molar-refractivity contribution in [2.24, 2.45) is 5.16 Å². The first-order valence-electron chi connectivity index (χ1n) is 7.94. The van der Waals surface area contributed by atoms with Gasteiger partial charge >= 0.3 is 12.4 Å². The van der Waals surface area contributed by atoms with Gasteiger partial charge in [-0.05, 0) is 36.1 Å². The highest BCUT2D eigenvalue weighted by atomic mass is 19.4. The Bertz CT molecular complexity index is 760. The van der Waals surface area contributed by atoms with Crippen molar-refractivity contribution in [3.8, 4) is 0 Å². The van der Waals surface area contributed by atoms with E-state index in [1.54, 1.807) is 0 Å². The third-order valence-corrected chi connectivity index (χ3v) is 4.36. The lowest BCUT2D eigenvalue weighted by molar-refractivity contribution is -0.148. The molecule has 2 nitrogen and oxygen atoms in total. The van der Waals surface area contributed by atoms with Gasteiger partial charge in [0.05, 0.1) is 5.71 Å². The fourth-order valence-electron chi connectivity index (χ4n) is 3.11. The number of alkyl halides is 6. The SMILES string of the molecule is Cc1ccccc1C(C(=NO)C(c1ccccc1C)C(F)(F)F)C(F)(F)F. The van der Waals surface area contributed by atoms with Crippen LogP contribution in [0, 0.1) is 13.8 Å². The number of hydrogen-bond donors (Lipinski definition) is 1. The average Bonchev–Trinajstić information content (AvgIpc) is 2.55. The second-order valence-electron chi connectivity index (χ2n) is 6.19. The molecular formula is C19H17F6NO. The van der Waals surface area contributed by atoms with Crippen molar-refractivity contribution in [2.45, 2.75) is 38.0 Å². The monoisotopic (exact) mass is 389 g/mol. The van der Waals surface area contributed by atoms with E-state index in [0.29, 0.717) is 0 Å². The van der Waals surface area contributed by atoms with Crippen molar-refractivity contribution in [1.29, 1.82) is 0 Å². The fourth-order valence-corrected chi connectivity index (χ4v) is 3.11. The van der Waals surface area contributed by atoms with Gasteiger partial charge in [0.15, 0.2) is 0 Å². The number of hydrogen-bond acceptors (Lipinski definition) is 2. The van der Waals surface area contributed by atoms with Gasteiger partial charge < -0.3 is 5.21 Å². The lowest BCUT2D eigenvalue weighted by atomic mass is 9.79. The molecule has 27 heavy (non-hydrogen) atoms. The van der Waals surface area contributed by atoms with Crippen molar-refractivity contribution in [2.75, 3.05) is 0 Å². The average molecular weight is 389 g/mol. The van der Waals surface area contributed by atoms with Crippen LogP contribution in [0.2, 0.25) is 0 Å². The van der Waals surface area contributed by atoms with Crippen LogP contribution >= 0.6 is 0 Å². The second-order valence-corrected chi connectivity index (χ2v) is 6.19. The quantitative estimate of drug-likeness (QED) is 0.290. The van der Waals surface area contributed by atoms with Gasteiger partial charge in [-0.3, -0.25) is 0 Å². The summed E-state index contributed by atoms with van der Waals surface area (Å²) in [5.74, 6) is -5.40. The van der Waals surface area contributed by atoms with E-state index in [-0.39, 0.29) is 22.3 Å². The van der Waals surface area contributed by atoms with Gasteiger partial charge in [-0.2, -0.15) is 26.3 Å². The van der Waals surface area contributed by atoms with Crippen molar-refractivity contribution >= 4 is 5.71 Å². The zero-order valence-corrected chi connectivity index (χ0v) is 14.4. The Labute approximate surface area is 152 Å². The van der Waals surface area contributed by atoms with Crippen LogP contribution in [0.25, 0.3) is 0 Å². The molecule has 0 saturated carbocycles. The topological polar surface area (TPSA) is 32.6 Å². The van der Waals surface area contributed by atoms with Crippen LogP contribution in [0.15, 0.2) is 53.7 Å². The van der Waals surface area contributed by atoms with E-state index in [4.69, 9.17) is 0 Å². The van der Waals surface area contributed by atoms with Crippen LogP contribution < -0.4 is 0 Å². The van der Waals surface area contributed by atoms with E-state index >= 15 is 0 Å². The molecule has 8 heteroatoms. The van der Waals surface area contributed by atoms with Crippen LogP contribution in [-0.4, -0.2) is 23.3 Å². The Balaban J connectivity index is 2.74. The summed E-state index contributed by atoms with van der Waals surface area (Å²) in [4.78, 5) is 0. The summed E-state index contributed by atoms with van der Waals surface area (Å²) in [5.41, 5.74) is -1.89. The lowest BCUT2D eigenvalue weighted by Gasteiger charge is -2.30. The number of aryl methyl sites for hydroxylation is 2. The summed E-state index contributed by atoms with van der Waals surface area (Å²) in [6.07, 6.45) is -10.2. The highest BCUT2D eigenvalue weighted by Crippen LogP contribution is 2.46. The first-order valence-corrected chi connectivity index (χ1v) is 7.94. The maximum atomic E-state index is 13.8. The number of halogens is 6. The van der Waals surface area contributed by atoms with E-state index in [1.807, 2.05) is 0 Å². The third-order valence-electron chi connectivity index (χ3n) is 4.36. The first kappa shape index (κ1) is 20.8. The number of rotatable bonds is 4. The van der Waals surface area contributed by atoms with Crippen molar-refractivity contribution < 1.29 is 31.5 Å². The van der Waals surface area contributed by atoms with Gasteiger partial charge in [-0.15, -0.1) is 0 Å². The van der Waals surface area contributed by atoms with Crippen LogP contribution in [0.3, 0.4) is 0 Å². The summed E-state index contributed by atoms with van der Waals surface area (Å²) in [7, 11) is 0. The normalized spacial score (nSPS) is 14.5. The molecule has 0 fully saturated rings. The van der Waals surface area contributed by atoms with E-state index in [0.717, 1.165) is 12.1 Å². The molecule has 0 heterocycles. The van der Waals surface area contributed by atoms with Crippen molar-refractivity contribution in [3.05, 3.63) is 70.8 Å². The number of nitrogens with zero attached hydrogens (tertiary/aromatic N) is 1. The van der Waals surface area contributed by atoms with Crippen molar-refractivity contribution in [3.63, 3.8) is 0 Å². The molecule has 0 saturated heterocycles. The molecule has 2 rings (SSSR count). The Morgan fingerprint density at radius 3 is 1.33 bits per heavy atom. The Hall–Kier alpha value is -2.51. The Morgan fingerprint density at radius 1 is 0.741 bits per heavy atom. The minimum Gasteiger partial charge on any atom is -0.411 e. The van der Waals surface area contributed by atoms with Gasteiger partial charge in [0.1, 0.15) is 11.8 Å². The van der Waals surface area contributed by atoms with Crippen LogP contribution in [-0.2, 0) is 0 Å². The van der Waals surface area contributed by atoms with E-state index in [2.05, 4.69) is 5.16 Å². The van der Waals surface area contributed by atoms with Crippen LogP contribution in [0.4, 0.5) is 26.3 Å². The summed E-state index contributed by atoms with van der Waals surface area (Å²) in [6, 6.07) is 10.4. The van der Waals surface area contributed by atoms with E-state index in [9.17, 15) is 31.5 Å². The summed E-state index contributed by atoms with van der Waals surface area (Å²) in [6.45, 7) is 2.72. The van der Waals surface area contributed by atoms with Crippen molar-refractivity contribution in [1.82, 2.24) is 0 Å².